The molecule has 0 radical (unpaired) electrons. The Bertz CT molecular complexity index is 274. The van der Waals surface area contributed by atoms with E-state index in [1.165, 1.54) is 0 Å². The van der Waals surface area contributed by atoms with Gasteiger partial charge in [0.05, 0.1) is 0 Å². The molecule has 0 fully saturated rings. The van der Waals surface area contributed by atoms with Gasteiger partial charge in [-0.1, -0.05) is 12.1 Å². The summed E-state index contributed by atoms with van der Waals surface area (Å²) in [5, 5.41) is 5.08. The molecule has 1 aromatic heterocycles. The third-order valence-corrected chi connectivity index (χ3v) is 2.50. The fourth-order valence-electron chi connectivity index (χ4n) is 0.799. The number of nitrogens with zero attached hydrogens (tertiary/aromatic N) is 1. The smallest absolute Gasteiger partial charge is 0.150 e. The van der Waals surface area contributed by atoms with Crippen molar-refractivity contribution in [1.29, 1.82) is 0 Å². The van der Waals surface area contributed by atoms with Gasteiger partial charge in [-0.2, -0.15) is 5.14 Å². The molecule has 0 aliphatic carbocycles. The second kappa shape index (κ2) is 5.01. The number of hydrogen-bond acceptors (Lipinski definition) is 3. The van der Waals surface area contributed by atoms with E-state index in [2.05, 4.69) is 4.98 Å². The Hall–Kier alpha value is -0.840. The minimum atomic E-state index is -1.29. The minimum Gasteiger partial charge on any atom is -0.598 e. The molecule has 1 aromatic rings. The first-order chi connectivity index (χ1) is 6.20. The van der Waals surface area contributed by atoms with E-state index in [0.717, 1.165) is 5.56 Å². The fourth-order valence-corrected chi connectivity index (χ4v) is 1.03. The molecule has 0 aliphatic heterocycles. The summed E-state index contributed by atoms with van der Waals surface area (Å²) in [6, 6.07) is 3.78. The van der Waals surface area contributed by atoms with E-state index in [-0.39, 0.29) is 5.25 Å². The summed E-state index contributed by atoms with van der Waals surface area (Å²) in [7, 11) is 0. The van der Waals surface area contributed by atoms with E-state index < -0.39 is 11.4 Å². The molecular weight excluding hydrogens is 184 g/mol. The lowest BCUT2D eigenvalue weighted by atomic mass is 10.2. The maximum absolute atomic E-state index is 10.8. The summed E-state index contributed by atoms with van der Waals surface area (Å²) < 4.78 is 10.8. The zero-order chi connectivity index (χ0) is 9.68. The molecule has 1 rings (SSSR count). The molecular formula is C9H12N2OS. The summed E-state index contributed by atoms with van der Waals surface area (Å²) in [6.45, 7) is 1.81. The van der Waals surface area contributed by atoms with Gasteiger partial charge in [-0.3, -0.25) is 4.98 Å². The molecule has 2 atom stereocenters. The molecule has 0 amide bonds. The number of hydrogen-bond donors (Lipinski definition) is 1. The van der Waals surface area contributed by atoms with Crippen molar-refractivity contribution in [3.05, 3.63) is 36.2 Å². The molecule has 0 saturated carbocycles. The molecule has 1 heterocycles. The van der Waals surface area contributed by atoms with Crippen LogP contribution in [-0.4, -0.2) is 14.8 Å². The van der Waals surface area contributed by atoms with E-state index in [0.29, 0.717) is 0 Å². The van der Waals surface area contributed by atoms with Crippen LogP contribution in [0.15, 0.2) is 30.6 Å². The van der Waals surface area contributed by atoms with Gasteiger partial charge in [0.2, 0.25) is 0 Å². The van der Waals surface area contributed by atoms with Crippen LogP contribution in [0.2, 0.25) is 0 Å². The summed E-state index contributed by atoms with van der Waals surface area (Å²) in [6.07, 6.45) is 7.13. The Labute approximate surface area is 81.0 Å². The standard InChI is InChI=1S/C9H12N2OS/c1-8(13(10)12)4-5-9-3-2-6-11-7-9/h2-8H,10H2,1H3. The Morgan fingerprint density at radius 3 is 3.00 bits per heavy atom. The molecule has 0 spiro atoms. The number of aromatic nitrogens is 1. The Kier molecular flexibility index (Phi) is 3.95. The predicted molar refractivity (Wildman–Crippen MR) is 55.1 cm³/mol. The van der Waals surface area contributed by atoms with E-state index >= 15 is 0 Å². The van der Waals surface area contributed by atoms with Gasteiger partial charge in [0.25, 0.3) is 0 Å². The van der Waals surface area contributed by atoms with Gasteiger partial charge in [0.1, 0.15) is 0 Å². The third kappa shape index (κ3) is 3.59. The maximum atomic E-state index is 10.8. The lowest BCUT2D eigenvalue weighted by Gasteiger charge is -2.06. The Balaban J connectivity index is 2.59. The van der Waals surface area contributed by atoms with Crippen molar-refractivity contribution in [3.63, 3.8) is 0 Å². The van der Waals surface area contributed by atoms with Crippen LogP contribution in [0.25, 0.3) is 6.08 Å². The third-order valence-electron chi connectivity index (χ3n) is 1.61. The number of rotatable bonds is 3. The highest BCUT2D eigenvalue weighted by Gasteiger charge is 2.06. The average Bonchev–Trinajstić information content (AvgIpc) is 2.15. The van der Waals surface area contributed by atoms with Crippen molar-refractivity contribution < 1.29 is 4.55 Å². The summed E-state index contributed by atoms with van der Waals surface area (Å²) in [5.74, 6) is 0. The van der Waals surface area contributed by atoms with Crippen LogP contribution in [-0.2, 0) is 11.4 Å². The minimum absolute atomic E-state index is 0.125. The normalized spacial score (nSPS) is 15.9. The van der Waals surface area contributed by atoms with Crippen molar-refractivity contribution in [2.75, 3.05) is 0 Å². The molecule has 0 saturated heterocycles. The van der Waals surface area contributed by atoms with Crippen LogP contribution in [0.1, 0.15) is 12.5 Å². The molecule has 2 unspecified atom stereocenters. The summed E-state index contributed by atoms with van der Waals surface area (Å²) in [4.78, 5) is 3.95. The second-order valence-electron chi connectivity index (χ2n) is 2.68. The van der Waals surface area contributed by atoms with Crippen molar-refractivity contribution in [3.8, 4) is 0 Å². The van der Waals surface area contributed by atoms with E-state index in [1.807, 2.05) is 31.2 Å². The van der Waals surface area contributed by atoms with Crippen LogP contribution in [0.5, 0.6) is 0 Å². The van der Waals surface area contributed by atoms with Crippen LogP contribution < -0.4 is 5.14 Å². The second-order valence-corrected chi connectivity index (χ2v) is 4.08. The Morgan fingerprint density at radius 2 is 2.46 bits per heavy atom. The van der Waals surface area contributed by atoms with E-state index in [4.69, 9.17) is 5.14 Å². The van der Waals surface area contributed by atoms with Crippen LogP contribution in [0, 0.1) is 0 Å². The van der Waals surface area contributed by atoms with Crippen molar-refractivity contribution in [1.82, 2.24) is 4.98 Å². The largest absolute Gasteiger partial charge is 0.598 e. The van der Waals surface area contributed by atoms with E-state index in [9.17, 15) is 4.55 Å². The van der Waals surface area contributed by atoms with Crippen LogP contribution >= 0.6 is 0 Å². The maximum Gasteiger partial charge on any atom is 0.150 e. The Morgan fingerprint density at radius 1 is 1.69 bits per heavy atom. The van der Waals surface area contributed by atoms with Gasteiger partial charge in [0, 0.05) is 23.8 Å². The summed E-state index contributed by atoms with van der Waals surface area (Å²) >= 11 is -1.29. The first-order valence-electron chi connectivity index (χ1n) is 3.93. The fraction of sp³-hybridized carbons (Fsp3) is 0.222. The topological polar surface area (TPSA) is 62.0 Å². The first kappa shape index (κ1) is 10.2. The van der Waals surface area contributed by atoms with E-state index in [1.54, 1.807) is 12.4 Å². The van der Waals surface area contributed by atoms with Gasteiger partial charge in [-0.15, -0.1) is 0 Å². The lowest BCUT2D eigenvalue weighted by molar-refractivity contribution is 0.592. The molecule has 4 heteroatoms. The summed E-state index contributed by atoms with van der Waals surface area (Å²) in [5.41, 5.74) is 0.986. The molecule has 0 aromatic carbocycles. The number of pyridine rings is 1. The molecule has 70 valence electrons. The first-order valence-corrected chi connectivity index (χ1v) is 5.21. The van der Waals surface area contributed by atoms with Crippen LogP contribution in [0.3, 0.4) is 0 Å². The van der Waals surface area contributed by atoms with Gasteiger partial charge < -0.3 is 4.55 Å². The molecule has 3 nitrogen and oxygen atoms in total. The highest BCUT2D eigenvalue weighted by Crippen LogP contribution is 2.03. The van der Waals surface area contributed by atoms with Gasteiger partial charge in [0.15, 0.2) is 5.25 Å². The SMILES string of the molecule is CC(C=Cc1cccnc1)[S+](N)[O-]. The highest BCUT2D eigenvalue weighted by molar-refractivity contribution is 7.89. The monoisotopic (exact) mass is 196 g/mol. The zero-order valence-corrected chi connectivity index (χ0v) is 8.20. The molecule has 0 aliphatic rings. The highest BCUT2D eigenvalue weighted by atomic mass is 32.2. The quantitative estimate of drug-likeness (QED) is 0.736. The number of nitrogens with two attached hydrogens (primary N) is 1. The zero-order valence-electron chi connectivity index (χ0n) is 7.38. The van der Waals surface area contributed by atoms with Crippen molar-refractivity contribution >= 4 is 17.4 Å². The van der Waals surface area contributed by atoms with Gasteiger partial charge >= 0.3 is 0 Å². The lowest BCUT2D eigenvalue weighted by Crippen LogP contribution is -2.23. The van der Waals surface area contributed by atoms with Gasteiger partial charge in [-0.05, 0) is 24.6 Å². The van der Waals surface area contributed by atoms with Crippen molar-refractivity contribution in [2.45, 2.75) is 12.2 Å². The molecule has 13 heavy (non-hydrogen) atoms. The van der Waals surface area contributed by atoms with Crippen LogP contribution in [0.4, 0.5) is 0 Å². The van der Waals surface area contributed by atoms with Gasteiger partial charge in [-0.25, -0.2) is 0 Å². The average molecular weight is 196 g/mol. The predicted octanol–water partition coefficient (Wildman–Crippen LogP) is 1.11. The molecule has 0 bridgehead atoms. The van der Waals surface area contributed by atoms with Crippen molar-refractivity contribution in [2.24, 2.45) is 5.14 Å². The molecule has 2 N–H and O–H groups in total.